The number of carboxylic acid groups (broad SMARTS) is 2. The molecule has 1 aromatic carbocycles. The number of hydrogen-bond acceptors (Lipinski definition) is 8. The molecule has 0 saturated heterocycles. The summed E-state index contributed by atoms with van der Waals surface area (Å²) in [6, 6.07) is -0.380. The fourth-order valence-corrected chi connectivity index (χ4v) is 6.76. The normalized spacial score (nSPS) is 19.2. The first-order chi connectivity index (χ1) is 16.3. The molecule has 0 radical (unpaired) electrons. The fourth-order valence-electron chi connectivity index (χ4n) is 3.17. The first-order valence-electron chi connectivity index (χ1n) is 10.4. The molecule has 0 unspecified atom stereocenters. The Kier molecular flexibility index (Phi) is 9.97. The highest BCUT2D eigenvalue weighted by Gasteiger charge is 2.40. The Morgan fingerprint density at radius 2 is 1.71 bits per heavy atom. The number of nitrogens with one attached hydrogen (secondary N) is 2. The van der Waals surface area contributed by atoms with Crippen LogP contribution < -0.4 is 16.4 Å². The number of rotatable bonds is 13. The lowest BCUT2D eigenvalue weighted by Crippen LogP contribution is -2.50. The summed E-state index contributed by atoms with van der Waals surface area (Å²) in [5.74, 6) is -6.08. The number of sulfone groups is 1. The highest BCUT2D eigenvalue weighted by Crippen LogP contribution is 2.39. The molecule has 2 amide bonds. The van der Waals surface area contributed by atoms with Crippen LogP contribution in [0, 0.1) is 11.6 Å². The van der Waals surface area contributed by atoms with Crippen molar-refractivity contribution in [2.24, 2.45) is 5.73 Å². The number of halogens is 2. The third kappa shape index (κ3) is 8.43. The predicted octanol–water partition coefficient (Wildman–Crippen LogP) is -0.120. The Hall–Kier alpha value is -2.78. The minimum atomic E-state index is -3.96. The molecule has 1 aliphatic rings. The zero-order valence-electron chi connectivity index (χ0n) is 18.3. The van der Waals surface area contributed by atoms with Gasteiger partial charge in [0.1, 0.15) is 30.3 Å². The number of hydrogen-bond donors (Lipinski definition) is 5. The third-order valence-electron chi connectivity index (χ3n) is 5.22. The second-order valence-electron chi connectivity index (χ2n) is 7.91. The Bertz CT molecular complexity index is 1060. The topological polar surface area (TPSA) is 193 Å². The van der Waals surface area contributed by atoms with Crippen LogP contribution in [0.4, 0.5) is 8.78 Å². The molecule has 6 N–H and O–H groups in total. The van der Waals surface area contributed by atoms with Gasteiger partial charge in [-0.25, -0.2) is 17.2 Å². The van der Waals surface area contributed by atoms with Gasteiger partial charge in [0.05, 0.1) is 10.1 Å². The molecule has 194 valence electrons. The Balaban J connectivity index is 1.94. The molecular formula is C20H25F2N3O8S2. The summed E-state index contributed by atoms with van der Waals surface area (Å²) in [4.78, 5) is 45.5. The summed E-state index contributed by atoms with van der Waals surface area (Å²) >= 11 is 1.17. The van der Waals surface area contributed by atoms with E-state index < -0.39 is 74.0 Å². The van der Waals surface area contributed by atoms with Gasteiger partial charge in [-0.1, -0.05) is 0 Å². The van der Waals surface area contributed by atoms with Crippen LogP contribution in [0.25, 0.3) is 0 Å². The van der Waals surface area contributed by atoms with Crippen LogP contribution in [0.2, 0.25) is 0 Å². The van der Waals surface area contributed by atoms with Crippen LogP contribution in [0.5, 0.6) is 0 Å². The highest BCUT2D eigenvalue weighted by molar-refractivity contribution is 8.00. The molecule has 15 heteroatoms. The van der Waals surface area contributed by atoms with Crippen molar-refractivity contribution in [3.8, 4) is 0 Å². The van der Waals surface area contributed by atoms with E-state index in [0.29, 0.717) is 6.07 Å². The summed E-state index contributed by atoms with van der Waals surface area (Å²) in [5.41, 5.74) is 5.35. The van der Waals surface area contributed by atoms with Gasteiger partial charge in [0.15, 0.2) is 9.84 Å². The molecule has 35 heavy (non-hydrogen) atoms. The minimum Gasteiger partial charge on any atom is -0.480 e. The molecule has 2 atom stereocenters. The van der Waals surface area contributed by atoms with E-state index in [0.717, 1.165) is 12.1 Å². The van der Waals surface area contributed by atoms with Gasteiger partial charge in [-0.15, -0.1) is 0 Å². The first kappa shape index (κ1) is 28.5. The van der Waals surface area contributed by atoms with E-state index in [4.69, 9.17) is 15.9 Å². The van der Waals surface area contributed by atoms with Crippen LogP contribution in [-0.2, 0) is 29.0 Å². The molecule has 0 spiro atoms. The van der Waals surface area contributed by atoms with Gasteiger partial charge < -0.3 is 26.6 Å². The van der Waals surface area contributed by atoms with E-state index in [1.54, 1.807) is 0 Å². The second-order valence-corrected chi connectivity index (χ2v) is 11.5. The van der Waals surface area contributed by atoms with Gasteiger partial charge in [-0.05, 0) is 31.4 Å². The van der Waals surface area contributed by atoms with Gasteiger partial charge in [-0.2, -0.15) is 11.8 Å². The van der Waals surface area contributed by atoms with E-state index in [1.807, 2.05) is 0 Å². The number of aliphatic carboxylic acids is 2. The number of carbonyl (C=O) groups excluding carboxylic acids is 2. The number of benzene rings is 1. The molecule has 11 nitrogen and oxygen atoms in total. The zero-order valence-corrected chi connectivity index (χ0v) is 19.9. The lowest BCUT2D eigenvalue weighted by atomic mass is 9.99. The summed E-state index contributed by atoms with van der Waals surface area (Å²) in [6.07, 6.45) is -0.165. The summed E-state index contributed by atoms with van der Waals surface area (Å²) in [7, 11) is -3.96. The summed E-state index contributed by atoms with van der Waals surface area (Å²) in [6.45, 7) is -0.687. The van der Waals surface area contributed by atoms with E-state index in [2.05, 4.69) is 10.6 Å². The molecule has 1 aromatic rings. The second kappa shape index (κ2) is 12.3. The van der Waals surface area contributed by atoms with Gasteiger partial charge in [0, 0.05) is 23.5 Å². The van der Waals surface area contributed by atoms with Crippen LogP contribution in [0.3, 0.4) is 0 Å². The van der Waals surface area contributed by atoms with E-state index in [-0.39, 0.29) is 36.7 Å². The average molecular weight is 538 g/mol. The maximum absolute atomic E-state index is 13.4. The largest absolute Gasteiger partial charge is 0.480 e. The minimum absolute atomic E-state index is 0.0196. The van der Waals surface area contributed by atoms with Gasteiger partial charge >= 0.3 is 11.9 Å². The number of carbonyl (C=O) groups is 4. The summed E-state index contributed by atoms with van der Waals surface area (Å²) in [5, 5.41) is 21.0. The monoisotopic (exact) mass is 537 g/mol. The van der Waals surface area contributed by atoms with Crippen molar-refractivity contribution in [1.29, 1.82) is 0 Å². The van der Waals surface area contributed by atoms with Gasteiger partial charge in [0.25, 0.3) is 0 Å². The van der Waals surface area contributed by atoms with Crippen molar-refractivity contribution in [3.05, 3.63) is 29.8 Å². The van der Waals surface area contributed by atoms with Gasteiger partial charge in [0.2, 0.25) is 11.8 Å². The molecule has 1 saturated carbocycles. The van der Waals surface area contributed by atoms with Crippen molar-refractivity contribution < 1.29 is 46.6 Å². The Labute approximate surface area is 203 Å². The molecule has 0 aromatic heterocycles. The Morgan fingerprint density at radius 1 is 1.11 bits per heavy atom. The number of amides is 2. The molecular weight excluding hydrogens is 512 g/mol. The maximum atomic E-state index is 13.4. The molecule has 2 rings (SSSR count). The summed E-state index contributed by atoms with van der Waals surface area (Å²) < 4.78 is 52.0. The molecule has 1 fully saturated rings. The lowest BCUT2D eigenvalue weighted by molar-refractivity contribution is -0.139. The van der Waals surface area contributed by atoms with Crippen molar-refractivity contribution in [2.75, 3.05) is 12.3 Å². The van der Waals surface area contributed by atoms with Crippen molar-refractivity contribution in [2.45, 2.75) is 53.2 Å². The average Bonchev–Trinajstić information content (AvgIpc) is 2.72. The van der Waals surface area contributed by atoms with Crippen LogP contribution in [0.1, 0.15) is 25.7 Å². The zero-order chi connectivity index (χ0) is 26.3. The van der Waals surface area contributed by atoms with Gasteiger partial charge in [-0.3, -0.25) is 19.2 Å². The number of nitrogens with two attached hydrogens (primary N) is 1. The van der Waals surface area contributed by atoms with Crippen molar-refractivity contribution >= 4 is 45.4 Å². The number of carboxylic acids is 2. The van der Waals surface area contributed by atoms with Crippen LogP contribution >= 0.6 is 11.8 Å². The predicted molar refractivity (Wildman–Crippen MR) is 120 cm³/mol. The van der Waals surface area contributed by atoms with E-state index >= 15 is 0 Å². The van der Waals surface area contributed by atoms with Crippen LogP contribution in [-0.4, -0.2) is 77.3 Å². The third-order valence-corrected chi connectivity index (χ3v) is 8.76. The van der Waals surface area contributed by atoms with Crippen molar-refractivity contribution in [3.63, 3.8) is 0 Å². The fraction of sp³-hybridized carbons (Fsp3) is 0.500. The smallest absolute Gasteiger partial charge is 0.322 e. The van der Waals surface area contributed by atoms with Crippen molar-refractivity contribution in [1.82, 2.24) is 10.6 Å². The molecule has 0 heterocycles. The van der Waals surface area contributed by atoms with E-state index in [9.17, 15) is 36.4 Å². The first-order valence-corrected chi connectivity index (χ1v) is 13.0. The van der Waals surface area contributed by atoms with E-state index in [1.165, 1.54) is 11.8 Å². The highest BCUT2D eigenvalue weighted by atomic mass is 32.2. The maximum Gasteiger partial charge on any atom is 0.322 e. The lowest BCUT2D eigenvalue weighted by Gasteiger charge is -2.35. The molecule has 0 aliphatic heterocycles. The quantitative estimate of drug-likeness (QED) is 0.226. The van der Waals surface area contributed by atoms with Crippen LogP contribution in [0.15, 0.2) is 23.1 Å². The Morgan fingerprint density at radius 3 is 2.26 bits per heavy atom. The SMILES string of the molecule is N[C@@H](CCC(=O)N[C@@H](CSC1CC(S(=O)(=O)c2cc(F)cc(F)c2)C1)C(=O)NCC(=O)O)C(=O)O. The molecule has 0 bridgehead atoms. The standard InChI is InChI=1S/C20H25F2N3O8S2/c21-10-3-11(22)5-13(4-10)35(32,33)14-6-12(7-14)34-9-16(19(29)24-8-18(27)28)25-17(26)2-1-15(23)20(30)31/h3-5,12,14-16H,1-2,6-9,23H2,(H,24,29)(H,25,26)(H,27,28)(H,30,31)/t12?,14?,15-,16-/m0/s1. The number of thioether (sulfide) groups is 1. The molecule has 1 aliphatic carbocycles.